The summed E-state index contributed by atoms with van der Waals surface area (Å²) in [6.45, 7) is 0.0308. The van der Waals surface area contributed by atoms with E-state index < -0.39 is 18.0 Å². The highest BCUT2D eigenvalue weighted by Gasteiger charge is 2.15. The van der Waals surface area contributed by atoms with Crippen LogP contribution in [0.2, 0.25) is 0 Å². The lowest BCUT2D eigenvalue weighted by Gasteiger charge is -2.06. The number of amides is 1. The molecule has 5 nitrogen and oxygen atoms in total. The molecule has 0 bridgehead atoms. The minimum absolute atomic E-state index is 0.0308. The number of carbonyl (C=O) groups excluding carboxylic acids is 1. The van der Waals surface area contributed by atoms with Crippen molar-refractivity contribution in [2.24, 2.45) is 0 Å². The van der Waals surface area contributed by atoms with Crippen LogP contribution in [0.3, 0.4) is 0 Å². The summed E-state index contributed by atoms with van der Waals surface area (Å²) in [5.74, 6) is -2.13. The van der Waals surface area contributed by atoms with Gasteiger partial charge in [0.2, 0.25) is 0 Å². The molecule has 0 saturated carbocycles. The number of aliphatic carboxylic acids is 1. The minimum Gasteiger partial charge on any atom is -0.479 e. The van der Waals surface area contributed by atoms with Crippen LogP contribution in [0.5, 0.6) is 0 Å². The maximum absolute atomic E-state index is 13.5. The van der Waals surface area contributed by atoms with Crippen molar-refractivity contribution >= 4 is 33.3 Å². The van der Waals surface area contributed by atoms with Crippen LogP contribution < -0.4 is 5.32 Å². The van der Waals surface area contributed by atoms with Crippen LogP contribution in [-0.4, -0.2) is 34.7 Å². The molecule has 1 heterocycles. The van der Waals surface area contributed by atoms with Crippen molar-refractivity contribution in [3.63, 3.8) is 0 Å². The number of benzene rings is 1. The Balaban J connectivity index is 2.01. The van der Waals surface area contributed by atoms with Crippen molar-refractivity contribution in [1.82, 2.24) is 5.32 Å². The molecule has 0 aliphatic carbocycles. The van der Waals surface area contributed by atoms with E-state index in [1.807, 2.05) is 0 Å². The number of carbonyl (C=O) groups is 2. The minimum atomic E-state index is -1.50. The lowest BCUT2D eigenvalue weighted by molar-refractivity contribution is -0.146. The summed E-state index contributed by atoms with van der Waals surface area (Å²) >= 11 is 1.15. The Labute approximate surface area is 117 Å². The Morgan fingerprint density at radius 1 is 1.40 bits per heavy atom. The quantitative estimate of drug-likeness (QED) is 0.782. The van der Waals surface area contributed by atoms with Crippen molar-refractivity contribution in [1.29, 1.82) is 0 Å². The Bertz CT molecular complexity index is 655. The molecule has 0 unspecified atom stereocenters. The number of aliphatic hydroxyl groups is 1. The zero-order chi connectivity index (χ0) is 14.7. The van der Waals surface area contributed by atoms with Gasteiger partial charge in [0.05, 0.1) is 4.88 Å². The van der Waals surface area contributed by atoms with Gasteiger partial charge in [-0.3, -0.25) is 4.79 Å². The van der Waals surface area contributed by atoms with E-state index in [4.69, 9.17) is 10.2 Å². The van der Waals surface area contributed by atoms with E-state index in [9.17, 15) is 14.0 Å². The van der Waals surface area contributed by atoms with Crippen molar-refractivity contribution in [3.8, 4) is 0 Å². The molecule has 1 atom stereocenters. The molecule has 20 heavy (non-hydrogen) atoms. The van der Waals surface area contributed by atoms with Crippen molar-refractivity contribution in [3.05, 3.63) is 35.0 Å². The highest BCUT2D eigenvalue weighted by molar-refractivity contribution is 7.20. The molecule has 0 radical (unpaired) electrons. The molecule has 0 aliphatic rings. The molecule has 0 saturated heterocycles. The number of halogens is 1. The Morgan fingerprint density at radius 2 is 2.15 bits per heavy atom. The number of fused-ring (bicyclic) bond motifs is 1. The fourth-order valence-electron chi connectivity index (χ4n) is 1.67. The van der Waals surface area contributed by atoms with Crippen LogP contribution in [-0.2, 0) is 4.79 Å². The van der Waals surface area contributed by atoms with Gasteiger partial charge in [-0.15, -0.1) is 11.3 Å². The van der Waals surface area contributed by atoms with Crippen LogP contribution >= 0.6 is 11.3 Å². The van der Waals surface area contributed by atoms with Crippen LogP contribution in [0.15, 0.2) is 24.3 Å². The highest BCUT2D eigenvalue weighted by atomic mass is 32.1. The molecule has 0 fully saturated rings. The van der Waals surface area contributed by atoms with E-state index in [1.165, 1.54) is 12.1 Å². The Kier molecular flexibility index (Phi) is 4.31. The van der Waals surface area contributed by atoms with E-state index in [-0.39, 0.29) is 18.8 Å². The lowest BCUT2D eigenvalue weighted by atomic mass is 10.2. The zero-order valence-electron chi connectivity index (χ0n) is 10.3. The Hall–Kier alpha value is -1.99. The van der Waals surface area contributed by atoms with Crippen LogP contribution in [0.1, 0.15) is 16.1 Å². The van der Waals surface area contributed by atoms with Gasteiger partial charge in [0.25, 0.3) is 5.91 Å². The number of rotatable bonds is 5. The van der Waals surface area contributed by atoms with Gasteiger partial charge in [-0.05, 0) is 18.2 Å². The predicted molar refractivity (Wildman–Crippen MR) is 72.4 cm³/mol. The van der Waals surface area contributed by atoms with Gasteiger partial charge in [0.15, 0.2) is 6.10 Å². The number of nitrogens with one attached hydrogen (secondary N) is 1. The van der Waals surface area contributed by atoms with Crippen molar-refractivity contribution in [2.45, 2.75) is 12.5 Å². The van der Waals surface area contributed by atoms with E-state index in [1.54, 1.807) is 12.1 Å². The molecule has 0 aliphatic heterocycles. The number of carboxylic acid groups (broad SMARTS) is 1. The summed E-state index contributed by atoms with van der Waals surface area (Å²) in [5.41, 5.74) is 0. The number of carboxylic acids is 1. The summed E-state index contributed by atoms with van der Waals surface area (Å²) in [7, 11) is 0. The normalized spacial score (nSPS) is 12.3. The van der Waals surface area contributed by atoms with Crippen LogP contribution in [0.25, 0.3) is 10.1 Å². The second-order valence-electron chi connectivity index (χ2n) is 4.16. The first-order valence-electron chi connectivity index (χ1n) is 5.86. The van der Waals surface area contributed by atoms with E-state index in [2.05, 4.69) is 5.32 Å². The summed E-state index contributed by atoms with van der Waals surface area (Å²) in [6, 6.07) is 6.06. The van der Waals surface area contributed by atoms with E-state index >= 15 is 0 Å². The highest BCUT2D eigenvalue weighted by Crippen LogP contribution is 2.27. The first-order chi connectivity index (χ1) is 9.49. The smallest absolute Gasteiger partial charge is 0.332 e. The Morgan fingerprint density at radius 3 is 2.80 bits per heavy atom. The third-order valence-electron chi connectivity index (χ3n) is 2.72. The largest absolute Gasteiger partial charge is 0.479 e. The molecule has 0 spiro atoms. The fourth-order valence-corrected chi connectivity index (χ4v) is 2.66. The van der Waals surface area contributed by atoms with E-state index in [0.717, 1.165) is 11.3 Å². The monoisotopic (exact) mass is 297 g/mol. The molecule has 1 amide bonds. The van der Waals surface area contributed by atoms with Gasteiger partial charge in [-0.25, -0.2) is 9.18 Å². The third-order valence-corrected chi connectivity index (χ3v) is 3.82. The van der Waals surface area contributed by atoms with Crippen LogP contribution in [0.4, 0.5) is 4.39 Å². The molecule has 1 aromatic heterocycles. The zero-order valence-corrected chi connectivity index (χ0v) is 11.1. The lowest BCUT2D eigenvalue weighted by Crippen LogP contribution is -2.29. The maximum atomic E-state index is 13.5. The van der Waals surface area contributed by atoms with Gasteiger partial charge >= 0.3 is 5.97 Å². The van der Waals surface area contributed by atoms with E-state index in [0.29, 0.717) is 15.0 Å². The second-order valence-corrected chi connectivity index (χ2v) is 5.24. The summed E-state index contributed by atoms with van der Waals surface area (Å²) in [4.78, 5) is 22.6. The predicted octanol–water partition coefficient (Wildman–Crippen LogP) is 1.61. The molecule has 7 heteroatoms. The first kappa shape index (κ1) is 14.4. The number of thiophene rings is 1. The second kappa shape index (κ2) is 5.98. The molecular formula is C13H12FNO4S. The third kappa shape index (κ3) is 3.12. The fraction of sp³-hybridized carbons (Fsp3) is 0.231. The molecule has 3 N–H and O–H groups in total. The van der Waals surface area contributed by atoms with Crippen LogP contribution in [0, 0.1) is 5.82 Å². The average Bonchev–Trinajstić information content (AvgIpc) is 2.84. The first-order valence-corrected chi connectivity index (χ1v) is 6.68. The number of aliphatic hydroxyl groups excluding tert-OH is 1. The average molecular weight is 297 g/mol. The molecule has 106 valence electrons. The molecule has 2 rings (SSSR count). The van der Waals surface area contributed by atoms with Crippen molar-refractivity contribution in [2.75, 3.05) is 6.54 Å². The van der Waals surface area contributed by atoms with Gasteiger partial charge in [-0.2, -0.15) is 0 Å². The molecular weight excluding hydrogens is 285 g/mol. The molecule has 2 aromatic rings. The van der Waals surface area contributed by atoms with Gasteiger partial charge in [-0.1, -0.05) is 6.07 Å². The summed E-state index contributed by atoms with van der Waals surface area (Å²) in [6.07, 6.45) is -1.59. The summed E-state index contributed by atoms with van der Waals surface area (Å²) in [5, 5.41) is 20.4. The van der Waals surface area contributed by atoms with Crippen molar-refractivity contribution < 1.29 is 24.2 Å². The number of hydrogen-bond acceptors (Lipinski definition) is 4. The van der Waals surface area contributed by atoms with Gasteiger partial charge in [0, 0.05) is 23.1 Å². The summed E-state index contributed by atoms with van der Waals surface area (Å²) < 4.78 is 14.2. The van der Waals surface area contributed by atoms with Gasteiger partial charge in [0.1, 0.15) is 5.82 Å². The maximum Gasteiger partial charge on any atom is 0.332 e. The van der Waals surface area contributed by atoms with Gasteiger partial charge < -0.3 is 15.5 Å². The molecule has 1 aromatic carbocycles. The SMILES string of the molecule is O=C(NCC[C@H](O)C(=O)O)c1cc2c(F)cccc2s1. The number of hydrogen-bond donors (Lipinski definition) is 3. The standard InChI is InChI=1S/C13H12FNO4S/c14-8-2-1-3-10-7(8)6-11(20-10)12(17)15-5-4-9(16)13(18)19/h1-3,6,9,16H,4-5H2,(H,15,17)(H,18,19)/t9-/m0/s1. The topological polar surface area (TPSA) is 86.6 Å².